The molecule has 42 heavy (non-hydrogen) atoms. The van der Waals surface area contributed by atoms with Gasteiger partial charge in [0.25, 0.3) is 0 Å². The number of amides is 1. The van der Waals surface area contributed by atoms with Gasteiger partial charge in [0, 0.05) is 6.42 Å². The van der Waals surface area contributed by atoms with Crippen LogP contribution in [-0.2, 0) is 43.3 Å². The number of esters is 2. The number of nitrogens with one attached hydrogen (secondary N) is 2. The molecule has 0 saturated heterocycles. The van der Waals surface area contributed by atoms with Gasteiger partial charge in [0.2, 0.25) is 5.91 Å². The molecule has 3 rings (SSSR count). The predicted molar refractivity (Wildman–Crippen MR) is 162 cm³/mol. The van der Waals surface area contributed by atoms with E-state index in [4.69, 9.17) is 14.2 Å². The van der Waals surface area contributed by atoms with Gasteiger partial charge in [-0.1, -0.05) is 48.5 Å². The van der Waals surface area contributed by atoms with Gasteiger partial charge < -0.3 is 24.6 Å². The zero-order valence-electron chi connectivity index (χ0n) is 24.2. The van der Waals surface area contributed by atoms with Gasteiger partial charge in [-0.3, -0.25) is 14.9 Å². The van der Waals surface area contributed by atoms with Gasteiger partial charge in [-0.05, 0) is 84.1 Å². The summed E-state index contributed by atoms with van der Waals surface area (Å²) in [6, 6.07) is 19.1. The summed E-state index contributed by atoms with van der Waals surface area (Å²) < 4.78 is 17.0. The number of carbonyl (C=O) groups excluding carboxylic acids is 3. The summed E-state index contributed by atoms with van der Waals surface area (Å²) in [4.78, 5) is 39.4. The molecule has 3 N–H and O–H groups in total. The Hall–Kier alpha value is -3.89. The lowest BCUT2D eigenvalue weighted by atomic mass is 10.0. The smallest absolute Gasteiger partial charge is 0.329 e. The van der Waals surface area contributed by atoms with Gasteiger partial charge >= 0.3 is 11.9 Å². The Morgan fingerprint density at radius 1 is 0.881 bits per heavy atom. The minimum absolute atomic E-state index is 0.0478. The zero-order valence-corrected chi connectivity index (χ0v) is 25.8. The maximum atomic E-state index is 13.6. The van der Waals surface area contributed by atoms with Crippen molar-refractivity contribution in [1.29, 1.82) is 0 Å². The Morgan fingerprint density at radius 3 is 2.14 bits per heavy atom. The van der Waals surface area contributed by atoms with E-state index in [-0.39, 0.29) is 31.7 Å². The molecule has 0 aliphatic carbocycles. The lowest BCUT2D eigenvalue weighted by Crippen LogP contribution is -2.53. The highest BCUT2D eigenvalue weighted by molar-refractivity contribution is 9.10. The van der Waals surface area contributed by atoms with Crippen molar-refractivity contribution in [2.45, 2.75) is 57.9 Å². The van der Waals surface area contributed by atoms with Crippen LogP contribution in [0.15, 0.2) is 77.3 Å². The highest BCUT2D eigenvalue weighted by Crippen LogP contribution is 2.26. The summed E-state index contributed by atoms with van der Waals surface area (Å²) in [5, 5.41) is 15.5. The summed E-state index contributed by atoms with van der Waals surface area (Å²) in [7, 11) is 1.56. The second kappa shape index (κ2) is 15.4. The number of hydrogen-bond acceptors (Lipinski definition) is 8. The van der Waals surface area contributed by atoms with Crippen molar-refractivity contribution in [2.24, 2.45) is 0 Å². The first-order chi connectivity index (χ1) is 19.9. The van der Waals surface area contributed by atoms with Crippen molar-refractivity contribution in [3.63, 3.8) is 0 Å². The van der Waals surface area contributed by atoms with Crippen LogP contribution < -0.4 is 15.4 Å². The molecule has 0 aliphatic rings. The number of halogens is 1. The maximum Gasteiger partial charge on any atom is 0.329 e. The topological polar surface area (TPSA) is 123 Å². The van der Waals surface area contributed by atoms with Crippen LogP contribution in [0.3, 0.4) is 0 Å². The molecule has 0 heterocycles. The number of phenols is 1. The van der Waals surface area contributed by atoms with Crippen molar-refractivity contribution in [2.75, 3.05) is 13.7 Å². The first-order valence-electron chi connectivity index (χ1n) is 13.5. The van der Waals surface area contributed by atoms with Gasteiger partial charge in [-0.2, -0.15) is 0 Å². The highest BCUT2D eigenvalue weighted by Gasteiger charge is 2.28. The molecule has 0 radical (unpaired) electrons. The number of phenolic OH excluding ortho intramolecular Hbond substituents is 1. The monoisotopic (exact) mass is 640 g/mol. The average Bonchev–Trinajstić information content (AvgIpc) is 2.94. The fourth-order valence-corrected chi connectivity index (χ4v) is 4.66. The van der Waals surface area contributed by atoms with Gasteiger partial charge in [-0.25, -0.2) is 4.79 Å². The number of rotatable bonds is 13. The van der Waals surface area contributed by atoms with Crippen LogP contribution in [0, 0.1) is 0 Å². The van der Waals surface area contributed by atoms with Crippen molar-refractivity contribution in [3.05, 3.63) is 94.0 Å². The second-order valence-corrected chi connectivity index (χ2v) is 11.6. The van der Waals surface area contributed by atoms with E-state index < -0.39 is 35.5 Å². The van der Waals surface area contributed by atoms with E-state index >= 15 is 0 Å². The van der Waals surface area contributed by atoms with E-state index in [0.717, 1.165) is 16.7 Å². The van der Waals surface area contributed by atoms with E-state index in [1.54, 1.807) is 46.1 Å². The fraction of sp³-hybridized carbons (Fsp3) is 0.344. The molecular weight excluding hydrogens is 604 g/mol. The standard InChI is InChI=1S/C32H37BrN2O7/c1-32(2,3)42-29(37)19-34-26(17-21-10-13-24(36)14-11-21)30(38)35-27(18-23-12-15-28(40-4)25(33)16-23)31(39)41-20-22-8-6-5-7-9-22/h5-16,26-27,34,36H,17-20H2,1-4H3,(H,35,38)/t26-,27-/m0/s1. The Kier molecular flexibility index (Phi) is 11.9. The van der Waals surface area contributed by atoms with Crippen LogP contribution in [0.25, 0.3) is 0 Å². The molecule has 1 amide bonds. The number of aromatic hydroxyl groups is 1. The molecule has 0 fully saturated rings. The van der Waals surface area contributed by atoms with Crippen molar-refractivity contribution in [3.8, 4) is 11.5 Å². The molecular formula is C32H37BrN2O7. The number of methoxy groups -OCH3 is 1. The lowest BCUT2D eigenvalue weighted by molar-refractivity contribution is -0.154. The summed E-state index contributed by atoms with van der Waals surface area (Å²) in [5.74, 6) is -0.900. The fourth-order valence-electron chi connectivity index (χ4n) is 4.08. The van der Waals surface area contributed by atoms with Crippen LogP contribution in [-0.4, -0.2) is 54.3 Å². The van der Waals surface area contributed by atoms with E-state index in [1.165, 1.54) is 12.1 Å². The second-order valence-electron chi connectivity index (χ2n) is 10.7. The van der Waals surface area contributed by atoms with Crippen molar-refractivity contribution in [1.82, 2.24) is 10.6 Å². The van der Waals surface area contributed by atoms with Crippen LogP contribution in [0.1, 0.15) is 37.5 Å². The molecule has 2 atom stereocenters. The quantitative estimate of drug-likeness (QED) is 0.234. The highest BCUT2D eigenvalue weighted by atomic mass is 79.9. The molecule has 9 nitrogen and oxygen atoms in total. The van der Waals surface area contributed by atoms with E-state index in [1.807, 2.05) is 42.5 Å². The number of benzene rings is 3. The molecule has 224 valence electrons. The minimum Gasteiger partial charge on any atom is -0.508 e. The lowest BCUT2D eigenvalue weighted by Gasteiger charge is -2.24. The number of carbonyl (C=O) groups is 3. The van der Waals surface area contributed by atoms with Gasteiger partial charge in [-0.15, -0.1) is 0 Å². The van der Waals surface area contributed by atoms with E-state index in [9.17, 15) is 19.5 Å². The molecule has 10 heteroatoms. The van der Waals surface area contributed by atoms with E-state index in [0.29, 0.717) is 10.2 Å². The Morgan fingerprint density at radius 2 is 1.52 bits per heavy atom. The molecule has 0 aliphatic heterocycles. The van der Waals surface area contributed by atoms with Crippen molar-refractivity contribution >= 4 is 33.8 Å². The number of hydrogen-bond donors (Lipinski definition) is 3. The largest absolute Gasteiger partial charge is 0.508 e. The van der Waals surface area contributed by atoms with Crippen LogP contribution in [0.2, 0.25) is 0 Å². The third-order valence-corrected chi connectivity index (χ3v) is 6.71. The Labute approximate surface area is 254 Å². The summed E-state index contributed by atoms with van der Waals surface area (Å²) in [5.41, 5.74) is 1.63. The summed E-state index contributed by atoms with van der Waals surface area (Å²) in [6.07, 6.45) is 0.342. The molecule has 0 aromatic heterocycles. The first-order valence-corrected chi connectivity index (χ1v) is 14.3. The maximum absolute atomic E-state index is 13.6. The van der Waals surface area contributed by atoms with Gasteiger partial charge in [0.1, 0.15) is 29.7 Å². The normalized spacial score (nSPS) is 12.6. The molecule has 0 unspecified atom stereocenters. The predicted octanol–water partition coefficient (Wildman–Crippen LogP) is 4.48. The molecule has 0 bridgehead atoms. The Balaban J connectivity index is 1.81. The zero-order chi connectivity index (χ0) is 30.7. The van der Waals surface area contributed by atoms with Gasteiger partial charge in [0.15, 0.2) is 0 Å². The Bertz CT molecular complexity index is 1340. The van der Waals surface area contributed by atoms with Crippen LogP contribution in [0.4, 0.5) is 0 Å². The summed E-state index contributed by atoms with van der Waals surface area (Å²) >= 11 is 3.47. The third-order valence-electron chi connectivity index (χ3n) is 6.09. The van der Waals surface area contributed by atoms with Crippen molar-refractivity contribution < 1.29 is 33.7 Å². The van der Waals surface area contributed by atoms with Crippen LogP contribution >= 0.6 is 15.9 Å². The average molecular weight is 642 g/mol. The first kappa shape index (κ1) is 32.6. The number of ether oxygens (including phenoxy) is 3. The molecule has 0 spiro atoms. The van der Waals surface area contributed by atoms with Gasteiger partial charge in [0.05, 0.1) is 24.2 Å². The molecule has 3 aromatic rings. The third kappa shape index (κ3) is 10.8. The van der Waals surface area contributed by atoms with E-state index in [2.05, 4.69) is 26.6 Å². The molecule has 3 aromatic carbocycles. The van der Waals surface area contributed by atoms with Crippen LogP contribution in [0.5, 0.6) is 11.5 Å². The summed E-state index contributed by atoms with van der Waals surface area (Å²) in [6.45, 7) is 5.10. The minimum atomic E-state index is -1.02. The SMILES string of the molecule is COc1ccc(C[C@H](NC(=O)[C@H](Cc2ccc(O)cc2)NCC(=O)OC(C)(C)C)C(=O)OCc2ccccc2)cc1Br. The molecule has 0 saturated carbocycles.